The molecule has 0 aromatic carbocycles. The van der Waals surface area contributed by atoms with Crippen molar-refractivity contribution in [2.24, 2.45) is 10.7 Å². The lowest BCUT2D eigenvalue weighted by molar-refractivity contribution is -0.685. The summed E-state index contributed by atoms with van der Waals surface area (Å²) in [6.45, 7) is 6.14. The number of nitrogens with two attached hydrogens (primary N) is 1. The summed E-state index contributed by atoms with van der Waals surface area (Å²) in [6, 6.07) is 0. The molecule has 23 heavy (non-hydrogen) atoms. The van der Waals surface area contributed by atoms with Gasteiger partial charge in [-0.05, 0) is 13.8 Å². The van der Waals surface area contributed by atoms with Gasteiger partial charge in [-0.15, -0.1) is 0 Å². The summed E-state index contributed by atoms with van der Waals surface area (Å²) in [5, 5.41) is 0. The van der Waals surface area contributed by atoms with E-state index in [1.165, 1.54) is 12.3 Å². The topological polar surface area (TPSA) is 85.6 Å². The van der Waals surface area contributed by atoms with Crippen LogP contribution in [-0.2, 0) is 20.9 Å². The van der Waals surface area contributed by atoms with Crippen molar-refractivity contribution in [2.75, 3.05) is 6.61 Å². The zero-order valence-corrected chi connectivity index (χ0v) is 15.4. The van der Waals surface area contributed by atoms with Crippen molar-refractivity contribution in [1.29, 1.82) is 0 Å². The van der Waals surface area contributed by atoms with E-state index in [9.17, 15) is 9.59 Å². The van der Waals surface area contributed by atoms with Gasteiger partial charge in [-0.25, -0.2) is 4.79 Å². The molecule has 2 heterocycles. The summed E-state index contributed by atoms with van der Waals surface area (Å²) in [5.74, 6) is -0.682. The highest BCUT2D eigenvalue weighted by Crippen LogP contribution is 2.34. The van der Waals surface area contributed by atoms with E-state index < -0.39 is 11.0 Å². The van der Waals surface area contributed by atoms with Gasteiger partial charge in [-0.1, -0.05) is 23.1 Å². The molecule has 6 nitrogen and oxygen atoms in total. The Hall–Kier alpha value is -1.22. The fourth-order valence-corrected chi connectivity index (χ4v) is 3.53. The van der Waals surface area contributed by atoms with Gasteiger partial charge in [0.15, 0.2) is 5.69 Å². The number of rotatable bonds is 5. The van der Waals surface area contributed by atoms with Crippen LogP contribution in [0, 0.1) is 13.8 Å². The third kappa shape index (κ3) is 4.63. The molecule has 0 radical (unpaired) electrons. The van der Waals surface area contributed by atoms with Crippen LogP contribution in [0.15, 0.2) is 21.5 Å². The molecule has 0 amide bonds. The zero-order valence-electron chi connectivity index (χ0n) is 13.0. The molecule has 126 valence electrons. The third-order valence-corrected chi connectivity index (χ3v) is 5.33. The molecule has 2 N–H and O–H groups in total. The molecule has 0 fully saturated rings. The lowest BCUT2D eigenvalue weighted by Crippen LogP contribution is -3.00. The summed E-state index contributed by atoms with van der Waals surface area (Å²) in [5.41, 5.74) is 8.99. The molecule has 1 aromatic rings. The van der Waals surface area contributed by atoms with E-state index in [1.54, 1.807) is 18.3 Å². The number of ketones is 1. The van der Waals surface area contributed by atoms with Gasteiger partial charge in [0.25, 0.3) is 0 Å². The SMILES string of the molecule is CCOC(=O)/C=C1/C=NC(N)(C(=O)C[n+]2csc(C)c2C)S1.[Cl-]. The molecule has 1 atom stereocenters. The molecule has 0 spiro atoms. The fraction of sp³-hybridized carbons (Fsp3) is 0.429. The van der Waals surface area contributed by atoms with Gasteiger partial charge in [0, 0.05) is 24.1 Å². The van der Waals surface area contributed by atoms with Crippen molar-refractivity contribution in [2.45, 2.75) is 32.3 Å². The minimum atomic E-state index is -1.38. The second-order valence-corrected chi connectivity index (χ2v) is 7.13. The van der Waals surface area contributed by atoms with Gasteiger partial charge in [0.05, 0.1) is 11.5 Å². The molecule has 0 aliphatic carbocycles. The Morgan fingerprint density at radius 2 is 2.17 bits per heavy atom. The Morgan fingerprint density at radius 3 is 2.74 bits per heavy atom. The molecule has 0 bridgehead atoms. The Kier molecular flexibility index (Phi) is 6.94. The number of aromatic nitrogens is 1. The van der Waals surface area contributed by atoms with Crippen LogP contribution in [0.25, 0.3) is 0 Å². The number of aryl methyl sites for hydroxylation is 1. The first-order valence-electron chi connectivity index (χ1n) is 6.74. The van der Waals surface area contributed by atoms with Crippen molar-refractivity contribution >= 4 is 41.1 Å². The highest BCUT2D eigenvalue weighted by atomic mass is 35.5. The summed E-state index contributed by atoms with van der Waals surface area (Å²) in [4.78, 5) is 28.2. The third-order valence-electron chi connectivity index (χ3n) is 3.21. The number of hydrogen-bond acceptors (Lipinski definition) is 7. The van der Waals surface area contributed by atoms with Crippen LogP contribution < -0.4 is 22.7 Å². The summed E-state index contributed by atoms with van der Waals surface area (Å²) >= 11 is 2.64. The molecule has 1 aliphatic heterocycles. The summed E-state index contributed by atoms with van der Waals surface area (Å²) in [7, 11) is 0. The molecule has 1 aliphatic rings. The number of thioether (sulfide) groups is 1. The van der Waals surface area contributed by atoms with Crippen LogP contribution in [0.5, 0.6) is 0 Å². The second kappa shape index (κ2) is 8.05. The van der Waals surface area contributed by atoms with Crippen LogP contribution in [0.4, 0.5) is 0 Å². The number of nitrogens with zero attached hydrogens (tertiary/aromatic N) is 2. The van der Waals surface area contributed by atoms with Crippen molar-refractivity contribution in [1.82, 2.24) is 0 Å². The Morgan fingerprint density at radius 1 is 1.48 bits per heavy atom. The maximum absolute atomic E-state index is 12.4. The second-order valence-electron chi connectivity index (χ2n) is 4.77. The van der Waals surface area contributed by atoms with Gasteiger partial charge in [0.2, 0.25) is 22.8 Å². The number of allylic oxidation sites excluding steroid dienone is 1. The van der Waals surface area contributed by atoms with E-state index in [1.807, 2.05) is 23.9 Å². The van der Waals surface area contributed by atoms with E-state index in [2.05, 4.69) is 4.99 Å². The van der Waals surface area contributed by atoms with Crippen molar-refractivity contribution in [3.05, 3.63) is 27.1 Å². The number of Topliss-reactive ketones (excluding diaryl/α,β-unsaturated/α-hetero) is 1. The normalized spacial score (nSPS) is 21.3. The van der Waals surface area contributed by atoms with Crippen molar-refractivity contribution < 1.29 is 31.3 Å². The smallest absolute Gasteiger partial charge is 0.331 e. The summed E-state index contributed by atoms with van der Waals surface area (Å²) in [6.07, 6.45) is 2.74. The minimum absolute atomic E-state index is 0. The minimum Gasteiger partial charge on any atom is -1.00 e. The van der Waals surface area contributed by atoms with Crippen LogP contribution >= 0.6 is 23.1 Å². The first kappa shape index (κ1) is 19.8. The molecular formula is C14H18ClN3O3S2. The number of halogens is 1. The van der Waals surface area contributed by atoms with E-state index in [0.717, 1.165) is 22.3 Å². The molecular weight excluding hydrogens is 358 g/mol. The van der Waals surface area contributed by atoms with Gasteiger partial charge in [-0.2, -0.15) is 4.57 Å². The Balaban J connectivity index is 0.00000264. The first-order valence-corrected chi connectivity index (χ1v) is 8.44. The van der Waals surface area contributed by atoms with Crippen molar-refractivity contribution in [3.8, 4) is 0 Å². The average molecular weight is 376 g/mol. The van der Waals surface area contributed by atoms with Gasteiger partial charge in [0.1, 0.15) is 0 Å². The number of carbonyl (C=O) groups excluding carboxylic acids is 2. The number of hydrogen-bond donors (Lipinski definition) is 1. The van der Waals surface area contributed by atoms with E-state index in [-0.39, 0.29) is 24.7 Å². The molecule has 1 unspecified atom stereocenters. The Bertz CT molecular complexity index is 672. The predicted molar refractivity (Wildman–Crippen MR) is 86.7 cm³/mol. The number of carbonyl (C=O) groups is 2. The highest BCUT2D eigenvalue weighted by Gasteiger charge is 2.41. The van der Waals surface area contributed by atoms with Gasteiger partial charge < -0.3 is 17.1 Å². The van der Waals surface area contributed by atoms with Gasteiger partial charge in [-0.3, -0.25) is 15.5 Å². The van der Waals surface area contributed by atoms with Crippen LogP contribution in [0.2, 0.25) is 0 Å². The van der Waals surface area contributed by atoms with Crippen LogP contribution in [-0.4, -0.2) is 29.6 Å². The number of esters is 1. The maximum atomic E-state index is 12.4. The monoisotopic (exact) mass is 375 g/mol. The molecule has 0 saturated carbocycles. The van der Waals surface area contributed by atoms with E-state index in [4.69, 9.17) is 10.5 Å². The molecule has 0 saturated heterocycles. The van der Waals surface area contributed by atoms with E-state index in [0.29, 0.717) is 11.5 Å². The van der Waals surface area contributed by atoms with E-state index >= 15 is 0 Å². The van der Waals surface area contributed by atoms with Crippen LogP contribution in [0.3, 0.4) is 0 Å². The quantitative estimate of drug-likeness (QED) is 0.369. The fourth-order valence-electron chi connectivity index (χ4n) is 1.82. The number of aliphatic imine (C=N–C) groups is 1. The lowest BCUT2D eigenvalue weighted by Gasteiger charge is -2.15. The van der Waals surface area contributed by atoms with Gasteiger partial charge >= 0.3 is 5.97 Å². The van der Waals surface area contributed by atoms with Crippen LogP contribution in [0.1, 0.15) is 17.5 Å². The Labute approximate surface area is 149 Å². The lowest BCUT2D eigenvalue weighted by atomic mass is 10.3. The largest absolute Gasteiger partial charge is 1.00 e. The maximum Gasteiger partial charge on any atom is 0.331 e. The zero-order chi connectivity index (χ0) is 16.3. The molecule has 2 rings (SSSR count). The first-order chi connectivity index (χ1) is 10.4. The summed E-state index contributed by atoms with van der Waals surface area (Å²) < 4.78 is 6.69. The highest BCUT2D eigenvalue weighted by molar-refractivity contribution is 8.06. The van der Waals surface area contributed by atoms with Crippen molar-refractivity contribution in [3.63, 3.8) is 0 Å². The molecule has 9 heteroatoms. The molecule has 1 aromatic heterocycles. The number of thiazole rings is 1. The number of ether oxygens (including phenoxy) is 1. The average Bonchev–Trinajstić information content (AvgIpc) is 2.98. The predicted octanol–water partition coefficient (Wildman–Crippen LogP) is -1.90. The standard InChI is InChI=1S/C14H18N3O3S2.ClH/c1-4-20-13(19)5-11-6-16-14(15,22-11)12(18)7-17-8-21-10(3)9(17)2;/h5-6,8H,4,7,15H2,1-3H3;1H/q+1;/p-1/b11-5-;.